The number of nitrogens with two attached hydrogens (primary N) is 1. The maximum Gasteiger partial charge on any atom is 0.490 e. The third kappa shape index (κ3) is 7.22. The van der Waals surface area contributed by atoms with Gasteiger partial charge in [-0.3, -0.25) is 9.69 Å². The van der Waals surface area contributed by atoms with E-state index in [1.807, 2.05) is 0 Å². The summed E-state index contributed by atoms with van der Waals surface area (Å²) >= 11 is 0. The molecule has 1 aliphatic heterocycles. The number of aromatic nitrogens is 4. The molecule has 0 saturated carbocycles. The van der Waals surface area contributed by atoms with E-state index in [0.29, 0.717) is 29.1 Å². The maximum absolute atomic E-state index is 14.8. The lowest BCUT2D eigenvalue weighted by Crippen LogP contribution is -2.25. The topological polar surface area (TPSA) is 163 Å². The van der Waals surface area contributed by atoms with Gasteiger partial charge in [-0.25, -0.2) is 19.0 Å². The molecule has 3 N–H and O–H groups in total. The van der Waals surface area contributed by atoms with Gasteiger partial charge in [-0.05, 0) is 30.3 Å². The Bertz CT molecular complexity index is 1270. The highest BCUT2D eigenvalue weighted by molar-refractivity contribution is 5.90. The molecule has 1 amide bonds. The number of halogens is 4. The Hall–Kier alpha value is -4.60. The van der Waals surface area contributed by atoms with E-state index in [1.165, 1.54) is 34.4 Å². The Morgan fingerprint density at radius 2 is 1.87 bits per heavy atom. The molecule has 1 aromatic carbocycles. The molecule has 0 aliphatic carbocycles. The molecular weight excluding hydrogens is 520 g/mol. The number of pyridine rings is 1. The lowest BCUT2D eigenvalue weighted by molar-refractivity contribution is -0.192. The summed E-state index contributed by atoms with van der Waals surface area (Å²) in [7, 11) is 0. The summed E-state index contributed by atoms with van der Waals surface area (Å²) in [4.78, 5) is 39.1. The normalized spacial score (nSPS) is 14.9. The minimum Gasteiger partial charge on any atom is -0.475 e. The predicted octanol–water partition coefficient (Wildman–Crippen LogP) is 2.32. The van der Waals surface area contributed by atoms with Crippen LogP contribution in [0, 0.1) is 5.82 Å². The van der Waals surface area contributed by atoms with E-state index in [9.17, 15) is 27.2 Å². The quantitative estimate of drug-likeness (QED) is 0.336. The SMILES string of the molecule is NCC(=O)OCC[C@@H]1CN(c2ccc(-c3ccc(-n4nccn4)nc3)c(F)c2)C(=O)O1.O=C(O)C(F)(F)F. The van der Waals surface area contributed by atoms with Crippen molar-refractivity contribution in [1.29, 1.82) is 0 Å². The standard InChI is InChI=1S/C20H19FN6O4.C2HF3O2/c21-17-9-14(26-12-15(31-20(26)29)5-8-30-19(28)10-22)2-3-16(17)13-1-4-18(23-11-13)27-24-6-7-25-27;3-2(4,5)1(6)7/h1-4,6-7,9,11,15H,5,8,10,12,22H2;(H,6,7)/t15-;/m1./s1. The predicted molar refractivity (Wildman–Crippen MR) is 120 cm³/mol. The number of nitrogens with zero attached hydrogens (tertiary/aromatic N) is 5. The number of benzene rings is 1. The van der Waals surface area contributed by atoms with E-state index in [1.54, 1.807) is 24.3 Å². The van der Waals surface area contributed by atoms with Crippen molar-refractivity contribution in [2.45, 2.75) is 18.7 Å². The number of carboxylic acid groups (broad SMARTS) is 1. The average molecular weight is 540 g/mol. The second-order valence-corrected chi connectivity index (χ2v) is 7.52. The smallest absolute Gasteiger partial charge is 0.475 e. The number of carbonyl (C=O) groups is 3. The number of hydrogen-bond acceptors (Lipinski definition) is 9. The Morgan fingerprint density at radius 1 is 1.18 bits per heavy atom. The van der Waals surface area contributed by atoms with E-state index in [0.717, 1.165) is 0 Å². The molecule has 1 saturated heterocycles. The number of aliphatic carboxylic acids is 1. The molecule has 0 unspecified atom stereocenters. The molecule has 0 bridgehead atoms. The van der Waals surface area contributed by atoms with Gasteiger partial charge in [0.25, 0.3) is 0 Å². The van der Waals surface area contributed by atoms with Gasteiger partial charge < -0.3 is 20.3 Å². The summed E-state index contributed by atoms with van der Waals surface area (Å²) in [6.07, 6.45) is -1.20. The van der Waals surface area contributed by atoms with Crippen LogP contribution >= 0.6 is 0 Å². The van der Waals surface area contributed by atoms with E-state index < -0.39 is 36.1 Å². The Balaban J connectivity index is 0.000000505. The number of esters is 1. The van der Waals surface area contributed by atoms with Crippen LogP contribution in [0.15, 0.2) is 48.9 Å². The molecule has 0 radical (unpaired) electrons. The summed E-state index contributed by atoms with van der Waals surface area (Å²) in [5.74, 6) is -3.28. The van der Waals surface area contributed by atoms with Gasteiger partial charge in [0.1, 0.15) is 11.9 Å². The number of cyclic esters (lactones) is 1. The summed E-state index contributed by atoms with van der Waals surface area (Å²) < 4.78 is 56.7. The molecule has 12 nitrogen and oxygen atoms in total. The lowest BCUT2D eigenvalue weighted by Gasteiger charge is -2.14. The zero-order valence-corrected chi connectivity index (χ0v) is 19.3. The molecule has 3 heterocycles. The van der Waals surface area contributed by atoms with Crippen molar-refractivity contribution in [3.8, 4) is 16.9 Å². The van der Waals surface area contributed by atoms with Gasteiger partial charge >= 0.3 is 24.2 Å². The number of carboxylic acids is 1. The molecule has 0 spiro atoms. The van der Waals surface area contributed by atoms with Crippen molar-refractivity contribution >= 4 is 23.7 Å². The molecule has 2 aromatic heterocycles. The van der Waals surface area contributed by atoms with Gasteiger partial charge in [0.15, 0.2) is 5.82 Å². The average Bonchev–Trinajstić information content (AvgIpc) is 3.54. The highest BCUT2D eigenvalue weighted by atomic mass is 19.4. The van der Waals surface area contributed by atoms with Gasteiger partial charge in [-0.1, -0.05) is 0 Å². The number of alkyl halides is 3. The van der Waals surface area contributed by atoms with Crippen molar-refractivity contribution in [2.24, 2.45) is 5.73 Å². The summed E-state index contributed by atoms with van der Waals surface area (Å²) in [6.45, 7) is 0.109. The minimum atomic E-state index is -5.08. The molecule has 4 rings (SSSR count). The van der Waals surface area contributed by atoms with Crippen LogP contribution in [0.1, 0.15) is 6.42 Å². The summed E-state index contributed by atoms with van der Waals surface area (Å²) in [5.41, 5.74) is 6.46. The Kier molecular flexibility index (Phi) is 8.90. The molecule has 202 valence electrons. The van der Waals surface area contributed by atoms with E-state index in [4.69, 9.17) is 25.1 Å². The first-order chi connectivity index (χ1) is 18.0. The number of amides is 1. The fourth-order valence-electron chi connectivity index (χ4n) is 3.15. The van der Waals surface area contributed by atoms with Crippen LogP contribution in [-0.2, 0) is 19.1 Å². The van der Waals surface area contributed by atoms with Gasteiger partial charge in [-0.15, -0.1) is 4.80 Å². The lowest BCUT2D eigenvalue weighted by atomic mass is 10.1. The fourth-order valence-corrected chi connectivity index (χ4v) is 3.15. The van der Waals surface area contributed by atoms with Crippen LogP contribution in [0.3, 0.4) is 0 Å². The number of ether oxygens (including phenoxy) is 2. The first-order valence-corrected chi connectivity index (χ1v) is 10.8. The van der Waals surface area contributed by atoms with Gasteiger partial charge in [0, 0.05) is 23.7 Å². The van der Waals surface area contributed by atoms with Crippen LogP contribution in [0.5, 0.6) is 0 Å². The van der Waals surface area contributed by atoms with Crippen molar-refractivity contribution < 1.29 is 46.5 Å². The maximum atomic E-state index is 14.8. The number of anilines is 1. The highest BCUT2D eigenvalue weighted by Crippen LogP contribution is 2.29. The Morgan fingerprint density at radius 3 is 2.42 bits per heavy atom. The third-order valence-corrected chi connectivity index (χ3v) is 4.93. The van der Waals surface area contributed by atoms with Crippen LogP contribution in [0.4, 0.5) is 28.0 Å². The molecule has 16 heteroatoms. The molecule has 1 aliphatic rings. The van der Waals surface area contributed by atoms with Crippen molar-refractivity contribution in [2.75, 3.05) is 24.6 Å². The first kappa shape index (κ1) is 28.0. The van der Waals surface area contributed by atoms with Crippen LogP contribution in [0.2, 0.25) is 0 Å². The van der Waals surface area contributed by atoms with E-state index in [2.05, 4.69) is 15.2 Å². The first-order valence-electron chi connectivity index (χ1n) is 10.8. The van der Waals surface area contributed by atoms with Crippen molar-refractivity contribution in [3.05, 3.63) is 54.7 Å². The van der Waals surface area contributed by atoms with Crippen LogP contribution in [0.25, 0.3) is 16.9 Å². The monoisotopic (exact) mass is 540 g/mol. The van der Waals surface area contributed by atoms with E-state index >= 15 is 0 Å². The minimum absolute atomic E-state index is 0.0894. The third-order valence-electron chi connectivity index (χ3n) is 4.93. The van der Waals surface area contributed by atoms with Gasteiger partial charge in [0.2, 0.25) is 0 Å². The zero-order chi connectivity index (χ0) is 27.9. The molecular formula is C22H20F4N6O6. The molecule has 1 fully saturated rings. The number of hydrogen-bond donors (Lipinski definition) is 2. The summed E-state index contributed by atoms with van der Waals surface area (Å²) in [5, 5.41) is 15.1. The largest absolute Gasteiger partial charge is 0.490 e. The van der Waals surface area contributed by atoms with Gasteiger partial charge in [-0.2, -0.15) is 23.4 Å². The Labute approximate surface area is 211 Å². The molecule has 1 atom stereocenters. The van der Waals surface area contributed by atoms with Gasteiger partial charge in [0.05, 0.1) is 37.8 Å². The number of carbonyl (C=O) groups excluding carboxylic acids is 2. The van der Waals surface area contributed by atoms with Crippen molar-refractivity contribution in [1.82, 2.24) is 20.0 Å². The second kappa shape index (κ2) is 12.1. The van der Waals surface area contributed by atoms with Crippen LogP contribution in [-0.4, -0.2) is 75.1 Å². The fraction of sp³-hybridized carbons (Fsp3) is 0.273. The number of rotatable bonds is 7. The second-order valence-electron chi connectivity index (χ2n) is 7.52. The zero-order valence-electron chi connectivity index (χ0n) is 19.3. The van der Waals surface area contributed by atoms with Crippen LogP contribution < -0.4 is 10.6 Å². The highest BCUT2D eigenvalue weighted by Gasteiger charge is 2.38. The molecule has 38 heavy (non-hydrogen) atoms. The van der Waals surface area contributed by atoms with Crippen molar-refractivity contribution in [3.63, 3.8) is 0 Å². The molecule has 3 aromatic rings. The van der Waals surface area contributed by atoms with E-state index in [-0.39, 0.29) is 19.7 Å². The summed E-state index contributed by atoms with van der Waals surface area (Å²) in [6, 6.07) is 7.89.